The van der Waals surface area contributed by atoms with Gasteiger partial charge in [-0.15, -0.1) is 0 Å². The number of imidazole rings is 1. The third-order valence-corrected chi connectivity index (χ3v) is 5.78. The van der Waals surface area contributed by atoms with Crippen LogP contribution in [0.1, 0.15) is 32.2 Å². The zero-order chi connectivity index (χ0) is 16.4. The Morgan fingerprint density at radius 3 is 3.00 bits per heavy atom. The van der Waals surface area contributed by atoms with Crippen LogP contribution in [0.5, 0.6) is 0 Å². The fourth-order valence-corrected chi connectivity index (χ4v) is 4.30. The van der Waals surface area contributed by atoms with Gasteiger partial charge in [0, 0.05) is 18.7 Å². The average Bonchev–Trinajstić information content (AvgIpc) is 2.83. The lowest BCUT2D eigenvalue weighted by Gasteiger charge is -2.26. The van der Waals surface area contributed by atoms with Gasteiger partial charge in [0.1, 0.15) is 5.82 Å². The highest BCUT2D eigenvalue weighted by molar-refractivity contribution is 5.84. The van der Waals surface area contributed by atoms with Gasteiger partial charge in [-0.2, -0.15) is 0 Å². The van der Waals surface area contributed by atoms with E-state index in [1.165, 1.54) is 5.56 Å². The van der Waals surface area contributed by atoms with E-state index < -0.39 is 5.54 Å². The molecule has 0 aromatic carbocycles. The molecule has 3 unspecified atom stereocenters. The Bertz CT molecular complexity index is 793. The van der Waals surface area contributed by atoms with Gasteiger partial charge < -0.3 is 15.0 Å². The van der Waals surface area contributed by atoms with Crippen molar-refractivity contribution in [3.05, 3.63) is 35.9 Å². The summed E-state index contributed by atoms with van der Waals surface area (Å²) in [4.78, 5) is 17.3. The number of aromatic nitrogens is 2. The number of nitrogens with zero attached hydrogens (tertiary/aromatic N) is 2. The Labute approximate surface area is 136 Å². The molecule has 1 amide bonds. The first-order valence-electron chi connectivity index (χ1n) is 8.30. The highest BCUT2D eigenvalue weighted by Crippen LogP contribution is 2.60. The van der Waals surface area contributed by atoms with E-state index in [4.69, 9.17) is 0 Å². The molecule has 2 aromatic heterocycles. The third-order valence-electron chi connectivity index (χ3n) is 5.78. The second-order valence-electron chi connectivity index (χ2n) is 7.86. The molecule has 23 heavy (non-hydrogen) atoms. The van der Waals surface area contributed by atoms with Crippen LogP contribution in [0, 0.1) is 24.2 Å². The summed E-state index contributed by atoms with van der Waals surface area (Å²) in [5.41, 5.74) is 1.91. The van der Waals surface area contributed by atoms with Gasteiger partial charge >= 0.3 is 0 Å². The fourth-order valence-electron chi connectivity index (χ4n) is 4.30. The number of rotatable bonds is 3. The van der Waals surface area contributed by atoms with Gasteiger partial charge in [-0.25, -0.2) is 4.98 Å². The van der Waals surface area contributed by atoms with Crippen molar-refractivity contribution < 1.29 is 4.79 Å². The van der Waals surface area contributed by atoms with Gasteiger partial charge in [0.2, 0.25) is 5.91 Å². The molecule has 0 radical (unpaired) electrons. The molecular formula is C18H24N4O. The van der Waals surface area contributed by atoms with Crippen molar-refractivity contribution in [2.45, 2.75) is 33.2 Å². The van der Waals surface area contributed by atoms with E-state index in [1.807, 2.05) is 32.3 Å². The van der Waals surface area contributed by atoms with E-state index in [9.17, 15) is 4.79 Å². The highest BCUT2D eigenvalue weighted by atomic mass is 16.2. The van der Waals surface area contributed by atoms with E-state index >= 15 is 0 Å². The SMILES string of the molecule is Cc1cccn2c(C(C)(C)NC(=O)C3C4CNCC43C)ncc12. The van der Waals surface area contributed by atoms with Crippen molar-refractivity contribution in [3.8, 4) is 0 Å². The summed E-state index contributed by atoms with van der Waals surface area (Å²) in [5.74, 6) is 1.65. The molecular weight excluding hydrogens is 288 g/mol. The van der Waals surface area contributed by atoms with Crippen LogP contribution >= 0.6 is 0 Å². The molecule has 2 fully saturated rings. The smallest absolute Gasteiger partial charge is 0.224 e. The first kappa shape index (κ1) is 14.7. The minimum Gasteiger partial charge on any atom is -0.344 e. The van der Waals surface area contributed by atoms with E-state index in [0.29, 0.717) is 5.92 Å². The molecule has 0 bridgehead atoms. The second kappa shape index (κ2) is 4.57. The molecule has 5 nitrogen and oxygen atoms in total. The summed E-state index contributed by atoms with van der Waals surface area (Å²) >= 11 is 0. The van der Waals surface area contributed by atoms with Crippen LogP contribution in [0.15, 0.2) is 24.5 Å². The zero-order valence-electron chi connectivity index (χ0n) is 14.2. The molecule has 1 saturated heterocycles. The minimum atomic E-state index is -0.502. The van der Waals surface area contributed by atoms with Crippen molar-refractivity contribution in [1.82, 2.24) is 20.0 Å². The molecule has 4 rings (SSSR count). The number of carbonyl (C=O) groups excluding carboxylic acids is 1. The number of aryl methyl sites for hydroxylation is 1. The van der Waals surface area contributed by atoms with Gasteiger partial charge in [0.05, 0.1) is 17.3 Å². The monoisotopic (exact) mass is 312 g/mol. The van der Waals surface area contributed by atoms with Crippen LogP contribution in [0.3, 0.4) is 0 Å². The normalized spacial score (nSPS) is 29.6. The minimum absolute atomic E-state index is 0.135. The first-order chi connectivity index (χ1) is 10.8. The summed E-state index contributed by atoms with van der Waals surface area (Å²) < 4.78 is 2.08. The number of fused-ring (bicyclic) bond motifs is 2. The van der Waals surface area contributed by atoms with Crippen LogP contribution < -0.4 is 10.6 Å². The van der Waals surface area contributed by atoms with Crippen molar-refractivity contribution >= 4 is 11.4 Å². The molecule has 3 heterocycles. The number of piperidine rings is 1. The van der Waals surface area contributed by atoms with Crippen molar-refractivity contribution in [3.63, 3.8) is 0 Å². The lowest BCUT2D eigenvalue weighted by Crippen LogP contribution is -2.44. The molecule has 122 valence electrons. The summed E-state index contributed by atoms with van der Waals surface area (Å²) in [6, 6.07) is 4.09. The summed E-state index contributed by atoms with van der Waals surface area (Å²) in [5, 5.41) is 6.61. The Morgan fingerprint density at radius 2 is 2.30 bits per heavy atom. The highest BCUT2D eigenvalue weighted by Gasteiger charge is 2.67. The topological polar surface area (TPSA) is 58.4 Å². The standard InChI is InChI=1S/C18H24N4O/c1-11-6-5-7-22-13(11)9-20-16(22)17(2,3)21-15(23)14-12-8-19-10-18(12,14)4/h5-7,9,12,14,19H,8,10H2,1-4H3,(H,21,23). The maximum absolute atomic E-state index is 12.8. The van der Waals surface area contributed by atoms with Crippen molar-refractivity contribution in [2.75, 3.05) is 13.1 Å². The van der Waals surface area contributed by atoms with E-state index in [2.05, 4.69) is 39.9 Å². The predicted octanol–water partition coefficient (Wildman–Crippen LogP) is 1.85. The maximum atomic E-state index is 12.8. The Hall–Kier alpha value is -1.88. The molecule has 3 atom stereocenters. The van der Waals surface area contributed by atoms with Gasteiger partial charge in [-0.05, 0) is 50.3 Å². The van der Waals surface area contributed by atoms with Crippen LogP contribution in [0.4, 0.5) is 0 Å². The number of amides is 1. The first-order valence-corrected chi connectivity index (χ1v) is 8.30. The van der Waals surface area contributed by atoms with E-state index in [0.717, 1.165) is 24.4 Å². The zero-order valence-corrected chi connectivity index (χ0v) is 14.2. The lowest BCUT2D eigenvalue weighted by atomic mass is 10.0. The van der Waals surface area contributed by atoms with Gasteiger partial charge in [0.25, 0.3) is 0 Å². The van der Waals surface area contributed by atoms with Gasteiger partial charge in [0.15, 0.2) is 0 Å². The molecule has 1 saturated carbocycles. The molecule has 2 N–H and O–H groups in total. The molecule has 2 aliphatic rings. The largest absolute Gasteiger partial charge is 0.344 e. The fraction of sp³-hybridized carbons (Fsp3) is 0.556. The number of hydrogen-bond acceptors (Lipinski definition) is 3. The quantitative estimate of drug-likeness (QED) is 0.909. The third kappa shape index (κ3) is 2.02. The summed E-state index contributed by atoms with van der Waals surface area (Å²) in [6.07, 6.45) is 3.89. The molecule has 0 spiro atoms. The second-order valence-corrected chi connectivity index (χ2v) is 7.86. The average molecular weight is 312 g/mol. The number of pyridine rings is 1. The van der Waals surface area contributed by atoms with Crippen LogP contribution in [0.2, 0.25) is 0 Å². The predicted molar refractivity (Wildman–Crippen MR) is 89.1 cm³/mol. The Morgan fingerprint density at radius 1 is 1.52 bits per heavy atom. The van der Waals surface area contributed by atoms with Gasteiger partial charge in [-0.1, -0.05) is 13.0 Å². The van der Waals surface area contributed by atoms with E-state index in [-0.39, 0.29) is 17.2 Å². The Kier molecular flexibility index (Phi) is 2.92. The Balaban J connectivity index is 1.60. The lowest BCUT2D eigenvalue weighted by molar-refractivity contribution is -0.125. The molecule has 5 heteroatoms. The van der Waals surface area contributed by atoms with Gasteiger partial charge in [-0.3, -0.25) is 4.79 Å². The van der Waals surface area contributed by atoms with Crippen LogP contribution in [-0.4, -0.2) is 28.4 Å². The summed E-state index contributed by atoms with van der Waals surface area (Å²) in [7, 11) is 0. The number of nitrogens with one attached hydrogen (secondary N) is 2. The molecule has 1 aliphatic carbocycles. The van der Waals surface area contributed by atoms with Crippen LogP contribution in [0.25, 0.3) is 5.52 Å². The number of carbonyl (C=O) groups is 1. The molecule has 2 aromatic rings. The van der Waals surface area contributed by atoms with Crippen molar-refractivity contribution in [1.29, 1.82) is 0 Å². The molecule has 1 aliphatic heterocycles. The number of hydrogen-bond donors (Lipinski definition) is 2. The van der Waals surface area contributed by atoms with Crippen LogP contribution in [-0.2, 0) is 10.3 Å². The van der Waals surface area contributed by atoms with Crippen molar-refractivity contribution in [2.24, 2.45) is 17.3 Å². The summed E-state index contributed by atoms with van der Waals surface area (Å²) in [6.45, 7) is 10.2. The maximum Gasteiger partial charge on any atom is 0.224 e. The van der Waals surface area contributed by atoms with E-state index in [1.54, 1.807) is 0 Å².